The Balaban J connectivity index is 1.79. The zero-order valence-corrected chi connectivity index (χ0v) is 14.5. The second kappa shape index (κ2) is 6.86. The third kappa shape index (κ3) is 3.74. The van der Waals surface area contributed by atoms with Gasteiger partial charge in [0.1, 0.15) is 17.5 Å². The van der Waals surface area contributed by atoms with Gasteiger partial charge >= 0.3 is 0 Å². The van der Waals surface area contributed by atoms with Gasteiger partial charge in [0.15, 0.2) is 4.90 Å². The van der Waals surface area contributed by atoms with Crippen LogP contribution in [-0.2, 0) is 14.8 Å². The van der Waals surface area contributed by atoms with E-state index >= 15 is 0 Å². The number of hydrogen-bond acceptors (Lipinski definition) is 4. The van der Waals surface area contributed by atoms with E-state index in [2.05, 4.69) is 4.72 Å². The SMILES string of the molecule is O=S(=O)(NC1CCOC2(CCSCC2)C1)c1c(F)cc(F)cc1F. The van der Waals surface area contributed by atoms with Gasteiger partial charge in [-0.25, -0.2) is 26.3 Å². The van der Waals surface area contributed by atoms with Crippen LogP contribution in [-0.4, -0.2) is 38.2 Å². The molecule has 1 aromatic carbocycles. The summed E-state index contributed by atoms with van der Waals surface area (Å²) in [6, 6.07) is 0.263. The fourth-order valence-corrected chi connectivity index (χ4v) is 5.91. The van der Waals surface area contributed by atoms with Crippen molar-refractivity contribution in [2.45, 2.75) is 42.2 Å². The molecule has 1 N–H and O–H groups in total. The van der Waals surface area contributed by atoms with Crippen molar-refractivity contribution in [2.24, 2.45) is 0 Å². The Morgan fingerprint density at radius 2 is 1.79 bits per heavy atom. The molecule has 9 heteroatoms. The second-order valence-corrected chi connectivity index (χ2v) is 9.03. The monoisotopic (exact) mass is 381 g/mol. The molecule has 1 atom stereocenters. The predicted octanol–water partition coefficient (Wildman–Crippen LogP) is 2.83. The molecule has 2 fully saturated rings. The van der Waals surface area contributed by atoms with Crippen LogP contribution < -0.4 is 4.72 Å². The van der Waals surface area contributed by atoms with Gasteiger partial charge in [0, 0.05) is 24.8 Å². The zero-order chi connectivity index (χ0) is 17.4. The highest BCUT2D eigenvalue weighted by atomic mass is 32.2. The van der Waals surface area contributed by atoms with Crippen molar-refractivity contribution in [3.05, 3.63) is 29.6 Å². The summed E-state index contributed by atoms with van der Waals surface area (Å²) in [5.74, 6) is -2.14. The molecule has 0 radical (unpaired) electrons. The smallest absolute Gasteiger partial charge is 0.246 e. The van der Waals surface area contributed by atoms with Crippen molar-refractivity contribution in [3.63, 3.8) is 0 Å². The van der Waals surface area contributed by atoms with Crippen molar-refractivity contribution in [1.82, 2.24) is 4.72 Å². The van der Waals surface area contributed by atoms with Crippen LogP contribution in [0.4, 0.5) is 13.2 Å². The molecule has 134 valence electrons. The molecule has 4 nitrogen and oxygen atoms in total. The molecule has 2 aliphatic heterocycles. The fourth-order valence-electron chi connectivity index (χ4n) is 3.28. The van der Waals surface area contributed by atoms with Gasteiger partial charge in [-0.2, -0.15) is 11.8 Å². The first-order chi connectivity index (χ1) is 11.3. The summed E-state index contributed by atoms with van der Waals surface area (Å²) in [6.07, 6.45) is 2.56. The third-order valence-corrected chi connectivity index (χ3v) is 7.01. The minimum Gasteiger partial charge on any atom is -0.375 e. The molecule has 0 saturated carbocycles. The number of halogens is 3. The van der Waals surface area contributed by atoms with Gasteiger partial charge in [0.25, 0.3) is 0 Å². The summed E-state index contributed by atoms with van der Waals surface area (Å²) in [5, 5.41) is 0. The first kappa shape index (κ1) is 18.0. The summed E-state index contributed by atoms with van der Waals surface area (Å²) >= 11 is 1.83. The highest BCUT2D eigenvalue weighted by Crippen LogP contribution is 2.38. The molecule has 3 rings (SSSR count). The Morgan fingerprint density at radius 1 is 1.17 bits per heavy atom. The fraction of sp³-hybridized carbons (Fsp3) is 0.600. The molecule has 0 amide bonds. The van der Waals surface area contributed by atoms with Crippen molar-refractivity contribution in [1.29, 1.82) is 0 Å². The maximum absolute atomic E-state index is 13.8. The number of thioether (sulfide) groups is 1. The van der Waals surface area contributed by atoms with E-state index in [0.29, 0.717) is 31.6 Å². The van der Waals surface area contributed by atoms with Crippen LogP contribution in [0.15, 0.2) is 17.0 Å². The molecular formula is C15H18F3NO3S2. The summed E-state index contributed by atoms with van der Waals surface area (Å²) in [6.45, 7) is 0.395. The van der Waals surface area contributed by atoms with E-state index in [1.807, 2.05) is 11.8 Å². The van der Waals surface area contributed by atoms with E-state index in [1.165, 1.54) is 0 Å². The minimum absolute atomic E-state index is 0.363. The Labute approximate surface area is 143 Å². The molecule has 0 aromatic heterocycles. The van der Waals surface area contributed by atoms with Crippen LogP contribution >= 0.6 is 11.8 Å². The van der Waals surface area contributed by atoms with E-state index in [1.54, 1.807) is 0 Å². The first-order valence-electron chi connectivity index (χ1n) is 7.70. The maximum Gasteiger partial charge on any atom is 0.246 e. The molecule has 2 heterocycles. The number of nitrogens with one attached hydrogen (secondary N) is 1. The molecular weight excluding hydrogens is 363 g/mol. The van der Waals surface area contributed by atoms with Gasteiger partial charge in [0.2, 0.25) is 10.0 Å². The maximum atomic E-state index is 13.8. The lowest BCUT2D eigenvalue weighted by Crippen LogP contribution is -2.50. The van der Waals surface area contributed by atoms with Crippen LogP contribution in [0.1, 0.15) is 25.7 Å². The van der Waals surface area contributed by atoms with Crippen LogP contribution in [0.3, 0.4) is 0 Å². The summed E-state index contributed by atoms with van der Waals surface area (Å²) in [5.41, 5.74) is -0.365. The average molecular weight is 381 g/mol. The molecule has 1 spiro atoms. The molecule has 2 saturated heterocycles. The standard InChI is InChI=1S/C15H18F3NO3S2/c16-10-7-12(17)14(13(18)8-10)24(20,21)19-11-1-4-22-15(9-11)2-5-23-6-3-15/h7-8,11,19H,1-6,9H2. The lowest BCUT2D eigenvalue weighted by molar-refractivity contribution is -0.0906. The molecule has 1 aromatic rings. The van der Waals surface area contributed by atoms with Gasteiger partial charge in [-0.05, 0) is 37.2 Å². The number of ether oxygens (including phenoxy) is 1. The highest BCUT2D eigenvalue weighted by Gasteiger charge is 2.40. The van der Waals surface area contributed by atoms with E-state index < -0.39 is 38.4 Å². The van der Waals surface area contributed by atoms with Crippen molar-refractivity contribution < 1.29 is 26.3 Å². The lowest BCUT2D eigenvalue weighted by atomic mass is 9.86. The molecule has 0 bridgehead atoms. The van der Waals surface area contributed by atoms with Crippen LogP contribution in [0.2, 0.25) is 0 Å². The van der Waals surface area contributed by atoms with Crippen LogP contribution in [0, 0.1) is 17.5 Å². The number of rotatable bonds is 3. The van der Waals surface area contributed by atoms with E-state index in [-0.39, 0.29) is 5.60 Å². The van der Waals surface area contributed by atoms with Gasteiger partial charge in [-0.1, -0.05) is 0 Å². The summed E-state index contributed by atoms with van der Waals surface area (Å²) < 4.78 is 73.5. The number of hydrogen-bond donors (Lipinski definition) is 1. The predicted molar refractivity (Wildman–Crippen MR) is 84.9 cm³/mol. The molecule has 2 aliphatic rings. The number of sulfonamides is 1. The van der Waals surface area contributed by atoms with E-state index in [4.69, 9.17) is 4.74 Å². The highest BCUT2D eigenvalue weighted by molar-refractivity contribution is 7.99. The quantitative estimate of drug-likeness (QED) is 0.875. The third-order valence-electron chi connectivity index (χ3n) is 4.45. The van der Waals surface area contributed by atoms with Gasteiger partial charge in [-0.3, -0.25) is 0 Å². The van der Waals surface area contributed by atoms with Crippen LogP contribution in [0.25, 0.3) is 0 Å². The van der Waals surface area contributed by atoms with E-state index in [9.17, 15) is 21.6 Å². The van der Waals surface area contributed by atoms with Crippen molar-refractivity contribution in [3.8, 4) is 0 Å². The first-order valence-corrected chi connectivity index (χ1v) is 10.3. The summed E-state index contributed by atoms with van der Waals surface area (Å²) in [7, 11) is -4.42. The topological polar surface area (TPSA) is 55.4 Å². The zero-order valence-electron chi connectivity index (χ0n) is 12.9. The van der Waals surface area contributed by atoms with Crippen LogP contribution in [0.5, 0.6) is 0 Å². The Morgan fingerprint density at radius 3 is 2.42 bits per heavy atom. The van der Waals surface area contributed by atoms with E-state index in [0.717, 1.165) is 24.3 Å². The van der Waals surface area contributed by atoms with Gasteiger partial charge in [-0.15, -0.1) is 0 Å². The largest absolute Gasteiger partial charge is 0.375 e. The molecule has 1 unspecified atom stereocenters. The Hall–Kier alpha value is -0.770. The Bertz CT molecular complexity index is 692. The molecule has 24 heavy (non-hydrogen) atoms. The normalized spacial score (nSPS) is 24.2. The second-order valence-electron chi connectivity index (χ2n) is 6.15. The van der Waals surface area contributed by atoms with Crippen molar-refractivity contribution >= 4 is 21.8 Å². The van der Waals surface area contributed by atoms with Gasteiger partial charge in [0.05, 0.1) is 5.60 Å². The molecule has 0 aliphatic carbocycles. The number of benzene rings is 1. The average Bonchev–Trinajstić information content (AvgIpc) is 2.45. The minimum atomic E-state index is -4.42. The van der Waals surface area contributed by atoms with Crippen molar-refractivity contribution in [2.75, 3.05) is 18.1 Å². The lowest BCUT2D eigenvalue weighted by Gasteiger charge is -2.43. The Kier molecular flexibility index (Phi) is 5.15. The van der Waals surface area contributed by atoms with Gasteiger partial charge < -0.3 is 4.74 Å². The summed E-state index contributed by atoms with van der Waals surface area (Å²) in [4.78, 5) is -1.14.